The summed E-state index contributed by atoms with van der Waals surface area (Å²) in [4.78, 5) is 12.9. The van der Waals surface area contributed by atoms with E-state index in [1.54, 1.807) is 0 Å². The van der Waals surface area contributed by atoms with Gasteiger partial charge in [-0.3, -0.25) is 15.6 Å². The number of carbonyl (C=O) groups excluding carboxylic acids is 1. The Labute approximate surface area is 176 Å². The number of thiocarbonyl (C=S) groups is 1. The van der Waals surface area contributed by atoms with E-state index in [1.165, 1.54) is 0 Å². The predicted molar refractivity (Wildman–Crippen MR) is 120 cm³/mol. The summed E-state index contributed by atoms with van der Waals surface area (Å²) in [5.41, 5.74) is 8.10. The van der Waals surface area contributed by atoms with E-state index in [2.05, 4.69) is 16.2 Å². The molecule has 3 N–H and O–H groups in total. The fourth-order valence-electron chi connectivity index (χ4n) is 2.94. The molecule has 148 valence electrons. The second-order valence-electron chi connectivity index (χ2n) is 6.28. The number of anilines is 1. The van der Waals surface area contributed by atoms with Gasteiger partial charge in [0.05, 0.1) is 12.5 Å². The van der Waals surface area contributed by atoms with Crippen LogP contribution >= 0.6 is 12.2 Å². The fraction of sp³-hybridized carbons (Fsp3) is 0.130. The average molecular weight is 406 g/mol. The lowest BCUT2D eigenvalue weighted by Gasteiger charge is -2.19. The molecule has 0 saturated heterocycles. The summed E-state index contributed by atoms with van der Waals surface area (Å²) >= 11 is 5.29. The molecule has 0 aliphatic carbocycles. The van der Waals surface area contributed by atoms with Gasteiger partial charge < -0.3 is 10.1 Å². The van der Waals surface area contributed by atoms with Gasteiger partial charge in [0.15, 0.2) is 5.11 Å². The number of hydrogen-bond donors (Lipinski definition) is 3. The average Bonchev–Trinajstić information content (AvgIpc) is 2.76. The first-order valence-electron chi connectivity index (χ1n) is 9.37. The monoisotopic (exact) mass is 405 g/mol. The Morgan fingerprint density at radius 3 is 1.93 bits per heavy atom. The van der Waals surface area contributed by atoms with Crippen molar-refractivity contribution in [1.29, 1.82) is 0 Å². The molecule has 0 fully saturated rings. The molecule has 0 heterocycles. The smallest absolute Gasteiger partial charge is 0.250 e. The second kappa shape index (κ2) is 10.2. The van der Waals surface area contributed by atoms with E-state index in [0.29, 0.717) is 11.7 Å². The molecule has 29 heavy (non-hydrogen) atoms. The zero-order valence-corrected chi connectivity index (χ0v) is 16.9. The van der Waals surface area contributed by atoms with Gasteiger partial charge in [0, 0.05) is 5.69 Å². The van der Waals surface area contributed by atoms with Crippen molar-refractivity contribution in [2.24, 2.45) is 0 Å². The number of benzene rings is 3. The highest BCUT2D eigenvalue weighted by molar-refractivity contribution is 7.80. The minimum atomic E-state index is -0.446. The lowest BCUT2D eigenvalue weighted by Crippen LogP contribution is -2.45. The third kappa shape index (κ3) is 5.80. The molecule has 0 aliphatic rings. The molecule has 0 unspecified atom stereocenters. The molecule has 5 nitrogen and oxygen atoms in total. The summed E-state index contributed by atoms with van der Waals surface area (Å²) in [7, 11) is 0. The topological polar surface area (TPSA) is 62.4 Å². The molecule has 0 radical (unpaired) electrons. The summed E-state index contributed by atoms with van der Waals surface area (Å²) in [6.07, 6.45) is 0. The van der Waals surface area contributed by atoms with E-state index < -0.39 is 5.92 Å². The maximum Gasteiger partial charge on any atom is 0.250 e. The first-order chi connectivity index (χ1) is 14.2. The molecular weight excluding hydrogens is 382 g/mol. The number of hydrazine groups is 1. The highest BCUT2D eigenvalue weighted by Gasteiger charge is 2.22. The van der Waals surface area contributed by atoms with Crippen LogP contribution < -0.4 is 20.9 Å². The van der Waals surface area contributed by atoms with Gasteiger partial charge in [-0.05, 0) is 54.5 Å². The lowest BCUT2D eigenvalue weighted by atomic mass is 9.91. The zero-order chi connectivity index (χ0) is 20.5. The minimum absolute atomic E-state index is 0.196. The number of carbonyl (C=O) groups is 1. The number of hydrogen-bond acceptors (Lipinski definition) is 3. The minimum Gasteiger partial charge on any atom is -0.494 e. The van der Waals surface area contributed by atoms with E-state index in [0.717, 1.165) is 22.6 Å². The molecule has 0 saturated carbocycles. The van der Waals surface area contributed by atoms with Crippen LogP contribution in [-0.4, -0.2) is 17.6 Å². The van der Waals surface area contributed by atoms with Crippen molar-refractivity contribution in [3.05, 3.63) is 96.1 Å². The number of rotatable bonds is 6. The summed E-state index contributed by atoms with van der Waals surface area (Å²) in [6, 6.07) is 26.7. The molecule has 3 aromatic carbocycles. The Bertz CT molecular complexity index is 892. The van der Waals surface area contributed by atoms with Gasteiger partial charge in [0.25, 0.3) is 0 Å². The Morgan fingerprint density at radius 2 is 1.41 bits per heavy atom. The Hall–Kier alpha value is -3.38. The molecule has 0 atom stereocenters. The fourth-order valence-corrected chi connectivity index (χ4v) is 3.11. The third-order valence-corrected chi connectivity index (χ3v) is 4.45. The molecule has 3 aromatic rings. The van der Waals surface area contributed by atoms with Crippen LogP contribution in [0, 0.1) is 0 Å². The summed E-state index contributed by atoms with van der Waals surface area (Å²) in [6.45, 7) is 2.55. The van der Waals surface area contributed by atoms with Gasteiger partial charge in [-0.15, -0.1) is 0 Å². The highest BCUT2D eigenvalue weighted by Crippen LogP contribution is 2.24. The van der Waals surface area contributed by atoms with Crippen molar-refractivity contribution in [2.75, 3.05) is 11.9 Å². The zero-order valence-electron chi connectivity index (χ0n) is 16.1. The standard InChI is InChI=1S/C23H23N3O2S/c1-2-28-20-15-13-19(14-16-20)24-23(29)26-25-22(27)21(17-9-5-3-6-10-17)18-11-7-4-8-12-18/h3-16,21H,2H2,1H3,(H,25,27)(H2,24,26,29). The molecule has 1 amide bonds. The quantitative estimate of drug-likeness (QED) is 0.423. The molecule has 0 spiro atoms. The maximum absolute atomic E-state index is 12.9. The largest absolute Gasteiger partial charge is 0.494 e. The van der Waals surface area contributed by atoms with Crippen LogP contribution in [0.1, 0.15) is 24.0 Å². The third-order valence-electron chi connectivity index (χ3n) is 4.25. The molecule has 0 bridgehead atoms. The summed E-state index contributed by atoms with van der Waals surface area (Å²) in [5, 5.41) is 3.33. The first-order valence-corrected chi connectivity index (χ1v) is 9.78. The highest BCUT2D eigenvalue weighted by atomic mass is 32.1. The van der Waals surface area contributed by atoms with Crippen LogP contribution in [0.5, 0.6) is 5.75 Å². The van der Waals surface area contributed by atoms with Crippen molar-refractivity contribution in [2.45, 2.75) is 12.8 Å². The van der Waals surface area contributed by atoms with Crippen molar-refractivity contribution < 1.29 is 9.53 Å². The van der Waals surface area contributed by atoms with Crippen molar-refractivity contribution in [1.82, 2.24) is 10.9 Å². The molecule has 6 heteroatoms. The van der Waals surface area contributed by atoms with Crippen LogP contribution in [0.3, 0.4) is 0 Å². The molecule has 0 aromatic heterocycles. The maximum atomic E-state index is 12.9. The SMILES string of the molecule is CCOc1ccc(NC(=S)NNC(=O)C(c2ccccc2)c2ccccc2)cc1. The molecular formula is C23H23N3O2S. The van der Waals surface area contributed by atoms with E-state index in [9.17, 15) is 4.79 Å². The van der Waals surface area contributed by atoms with E-state index in [4.69, 9.17) is 17.0 Å². The van der Waals surface area contributed by atoms with Crippen LogP contribution in [0.4, 0.5) is 5.69 Å². The lowest BCUT2D eigenvalue weighted by molar-refractivity contribution is -0.122. The number of nitrogens with one attached hydrogen (secondary N) is 3. The Morgan fingerprint density at radius 1 is 0.862 bits per heavy atom. The molecule has 3 rings (SSSR count). The van der Waals surface area contributed by atoms with E-state index >= 15 is 0 Å². The second-order valence-corrected chi connectivity index (χ2v) is 6.69. The first kappa shape index (κ1) is 20.4. The van der Waals surface area contributed by atoms with Gasteiger partial charge in [0.1, 0.15) is 5.75 Å². The normalized spacial score (nSPS) is 10.3. The van der Waals surface area contributed by atoms with Gasteiger partial charge in [-0.25, -0.2) is 0 Å². The van der Waals surface area contributed by atoms with Gasteiger partial charge in [-0.2, -0.15) is 0 Å². The van der Waals surface area contributed by atoms with Crippen LogP contribution in [0.15, 0.2) is 84.9 Å². The van der Waals surface area contributed by atoms with Crippen molar-refractivity contribution in [3.8, 4) is 5.75 Å². The van der Waals surface area contributed by atoms with Crippen LogP contribution in [0.25, 0.3) is 0 Å². The van der Waals surface area contributed by atoms with E-state index in [1.807, 2.05) is 91.9 Å². The Balaban J connectivity index is 1.63. The molecule has 0 aliphatic heterocycles. The van der Waals surface area contributed by atoms with Gasteiger partial charge in [0.2, 0.25) is 5.91 Å². The summed E-state index contributed by atoms with van der Waals surface area (Å²) in [5.74, 6) is 0.148. The number of ether oxygens (including phenoxy) is 1. The summed E-state index contributed by atoms with van der Waals surface area (Å²) < 4.78 is 5.42. The van der Waals surface area contributed by atoms with Crippen molar-refractivity contribution >= 4 is 28.9 Å². The predicted octanol–water partition coefficient (Wildman–Crippen LogP) is 4.24. The number of amides is 1. The van der Waals surface area contributed by atoms with Crippen LogP contribution in [-0.2, 0) is 4.79 Å². The van der Waals surface area contributed by atoms with E-state index in [-0.39, 0.29) is 5.91 Å². The van der Waals surface area contributed by atoms with Gasteiger partial charge >= 0.3 is 0 Å². The Kier molecular flexibility index (Phi) is 7.19. The van der Waals surface area contributed by atoms with Gasteiger partial charge in [-0.1, -0.05) is 60.7 Å². The van der Waals surface area contributed by atoms with Crippen molar-refractivity contribution in [3.63, 3.8) is 0 Å². The van der Waals surface area contributed by atoms with Crippen LogP contribution in [0.2, 0.25) is 0 Å².